The Kier molecular flexibility index (Phi) is 4.67. The molecule has 0 saturated carbocycles. The van der Waals surface area contributed by atoms with Crippen molar-refractivity contribution in [3.63, 3.8) is 0 Å². The van der Waals surface area contributed by atoms with Gasteiger partial charge in [0, 0.05) is 17.3 Å². The third kappa shape index (κ3) is 3.80. The van der Waals surface area contributed by atoms with Gasteiger partial charge in [0.05, 0.1) is 5.69 Å². The first kappa shape index (κ1) is 17.2. The molecule has 2 N–H and O–H groups in total. The summed E-state index contributed by atoms with van der Waals surface area (Å²) >= 11 is 0. The molecule has 8 heteroatoms. The number of hydrogen-bond acceptors (Lipinski definition) is 5. The van der Waals surface area contributed by atoms with Gasteiger partial charge in [0.15, 0.2) is 5.76 Å². The molecular formula is C20H15N5O3. The SMILES string of the molecule is O=C(Nc1ccc(C(=O)Nc2ccc(-n3cncn3)cc2)o1)c1ccccc1. The fraction of sp³-hybridized carbons (Fsp3) is 0. The molecule has 4 aromatic rings. The highest BCUT2D eigenvalue weighted by Crippen LogP contribution is 2.17. The summed E-state index contributed by atoms with van der Waals surface area (Å²) in [5.74, 6) is -0.455. The summed E-state index contributed by atoms with van der Waals surface area (Å²) in [7, 11) is 0. The highest BCUT2D eigenvalue weighted by Gasteiger charge is 2.14. The lowest BCUT2D eigenvalue weighted by Gasteiger charge is -2.05. The lowest BCUT2D eigenvalue weighted by molar-refractivity contribution is 0.0988. The number of hydrogen-bond donors (Lipinski definition) is 2. The monoisotopic (exact) mass is 373 g/mol. The van der Waals surface area contributed by atoms with Crippen molar-refractivity contribution >= 4 is 23.4 Å². The lowest BCUT2D eigenvalue weighted by atomic mass is 10.2. The van der Waals surface area contributed by atoms with E-state index in [0.29, 0.717) is 11.3 Å². The Morgan fingerprint density at radius 1 is 0.857 bits per heavy atom. The van der Waals surface area contributed by atoms with Crippen LogP contribution in [0.3, 0.4) is 0 Å². The van der Waals surface area contributed by atoms with Crippen LogP contribution < -0.4 is 10.6 Å². The number of nitrogens with one attached hydrogen (secondary N) is 2. The largest absolute Gasteiger partial charge is 0.435 e. The van der Waals surface area contributed by atoms with E-state index in [-0.39, 0.29) is 17.6 Å². The summed E-state index contributed by atoms with van der Waals surface area (Å²) < 4.78 is 7.04. The number of carbonyl (C=O) groups excluding carboxylic acids is 2. The summed E-state index contributed by atoms with van der Waals surface area (Å²) in [6.45, 7) is 0. The van der Waals surface area contributed by atoms with Gasteiger partial charge in [-0.05, 0) is 42.5 Å². The Labute approximate surface area is 159 Å². The van der Waals surface area contributed by atoms with Crippen LogP contribution >= 0.6 is 0 Å². The lowest BCUT2D eigenvalue weighted by Crippen LogP contribution is -2.12. The highest BCUT2D eigenvalue weighted by molar-refractivity contribution is 6.05. The highest BCUT2D eigenvalue weighted by atomic mass is 16.4. The van der Waals surface area contributed by atoms with Crippen molar-refractivity contribution < 1.29 is 14.0 Å². The first-order valence-corrected chi connectivity index (χ1v) is 8.42. The molecule has 0 aliphatic rings. The molecule has 8 nitrogen and oxygen atoms in total. The zero-order chi connectivity index (χ0) is 19.3. The second-order valence-corrected chi connectivity index (χ2v) is 5.83. The molecule has 2 aromatic heterocycles. The molecule has 0 fully saturated rings. The molecular weight excluding hydrogens is 358 g/mol. The first-order valence-electron chi connectivity index (χ1n) is 8.42. The van der Waals surface area contributed by atoms with Crippen LogP contribution in [0, 0.1) is 0 Å². The Morgan fingerprint density at radius 3 is 2.36 bits per heavy atom. The minimum Gasteiger partial charge on any atom is -0.435 e. The van der Waals surface area contributed by atoms with Crippen LogP contribution in [0.1, 0.15) is 20.9 Å². The Morgan fingerprint density at radius 2 is 1.64 bits per heavy atom. The molecule has 2 amide bonds. The maximum Gasteiger partial charge on any atom is 0.291 e. The van der Waals surface area contributed by atoms with Gasteiger partial charge >= 0.3 is 0 Å². The van der Waals surface area contributed by atoms with Crippen LogP contribution in [0.2, 0.25) is 0 Å². The van der Waals surface area contributed by atoms with E-state index < -0.39 is 5.91 Å². The van der Waals surface area contributed by atoms with Gasteiger partial charge < -0.3 is 9.73 Å². The summed E-state index contributed by atoms with van der Waals surface area (Å²) in [6, 6.07) is 18.9. The van der Waals surface area contributed by atoms with Gasteiger partial charge in [-0.3, -0.25) is 14.9 Å². The summed E-state index contributed by atoms with van der Waals surface area (Å²) in [5.41, 5.74) is 1.91. The van der Waals surface area contributed by atoms with Gasteiger partial charge in [0.1, 0.15) is 12.7 Å². The maximum absolute atomic E-state index is 12.4. The van der Waals surface area contributed by atoms with Gasteiger partial charge in [-0.25, -0.2) is 9.67 Å². The number of nitrogens with zero attached hydrogens (tertiary/aromatic N) is 3. The Balaban J connectivity index is 1.40. The third-order valence-electron chi connectivity index (χ3n) is 3.91. The Bertz CT molecular complexity index is 1090. The van der Waals surface area contributed by atoms with Crippen LogP contribution in [0.4, 0.5) is 11.6 Å². The normalized spacial score (nSPS) is 10.4. The zero-order valence-electron chi connectivity index (χ0n) is 14.6. The number of benzene rings is 2. The fourth-order valence-corrected chi connectivity index (χ4v) is 2.53. The standard InChI is InChI=1S/C20H15N5O3/c26-19(14-4-2-1-3-5-14)24-18-11-10-17(28-18)20(27)23-15-6-8-16(9-7-15)25-13-21-12-22-25/h1-13H,(H,23,27)(H,24,26). The van der Waals surface area contributed by atoms with Crippen molar-refractivity contribution in [2.75, 3.05) is 10.6 Å². The molecule has 0 spiro atoms. The van der Waals surface area contributed by atoms with E-state index in [9.17, 15) is 9.59 Å². The number of aromatic nitrogens is 3. The number of amides is 2. The van der Waals surface area contributed by atoms with Crippen LogP contribution in [0.5, 0.6) is 0 Å². The van der Waals surface area contributed by atoms with Gasteiger partial charge in [-0.15, -0.1) is 0 Å². The number of carbonyl (C=O) groups is 2. The van der Waals surface area contributed by atoms with Gasteiger partial charge in [-0.1, -0.05) is 18.2 Å². The minimum absolute atomic E-state index is 0.0868. The third-order valence-corrected chi connectivity index (χ3v) is 3.91. The van der Waals surface area contributed by atoms with Crippen molar-refractivity contribution in [2.45, 2.75) is 0 Å². The molecule has 2 heterocycles. The van der Waals surface area contributed by atoms with Crippen molar-refractivity contribution in [1.29, 1.82) is 0 Å². The molecule has 4 rings (SSSR count). The molecule has 0 aliphatic carbocycles. The molecule has 2 aromatic carbocycles. The quantitative estimate of drug-likeness (QED) is 0.558. The summed E-state index contributed by atoms with van der Waals surface area (Å²) in [4.78, 5) is 28.4. The average Bonchev–Trinajstić information content (AvgIpc) is 3.41. The van der Waals surface area contributed by atoms with Crippen LogP contribution in [-0.4, -0.2) is 26.6 Å². The van der Waals surface area contributed by atoms with Crippen molar-refractivity contribution in [1.82, 2.24) is 14.8 Å². The minimum atomic E-state index is -0.422. The summed E-state index contributed by atoms with van der Waals surface area (Å²) in [5, 5.41) is 9.40. The summed E-state index contributed by atoms with van der Waals surface area (Å²) in [6.07, 6.45) is 3.03. The van der Waals surface area contributed by atoms with E-state index in [1.807, 2.05) is 6.07 Å². The van der Waals surface area contributed by atoms with E-state index in [0.717, 1.165) is 5.69 Å². The fourth-order valence-electron chi connectivity index (χ4n) is 2.53. The smallest absolute Gasteiger partial charge is 0.291 e. The second-order valence-electron chi connectivity index (χ2n) is 5.83. The first-order chi connectivity index (χ1) is 13.7. The molecule has 0 saturated heterocycles. The number of furan rings is 1. The van der Waals surface area contributed by atoms with Crippen LogP contribution in [-0.2, 0) is 0 Å². The molecule has 0 aliphatic heterocycles. The number of anilines is 2. The Hall–Kier alpha value is -4.20. The molecule has 0 atom stereocenters. The predicted molar refractivity (Wildman–Crippen MR) is 102 cm³/mol. The number of rotatable bonds is 5. The molecule has 28 heavy (non-hydrogen) atoms. The van der Waals surface area contributed by atoms with E-state index in [2.05, 4.69) is 20.7 Å². The van der Waals surface area contributed by atoms with Crippen molar-refractivity contribution in [3.05, 3.63) is 90.7 Å². The predicted octanol–water partition coefficient (Wildman–Crippen LogP) is 3.36. The van der Waals surface area contributed by atoms with Crippen molar-refractivity contribution in [2.24, 2.45) is 0 Å². The van der Waals surface area contributed by atoms with E-state index in [4.69, 9.17) is 4.42 Å². The molecule has 0 unspecified atom stereocenters. The van der Waals surface area contributed by atoms with E-state index >= 15 is 0 Å². The van der Waals surface area contributed by atoms with Gasteiger partial charge in [-0.2, -0.15) is 5.10 Å². The van der Waals surface area contributed by atoms with Crippen LogP contribution in [0.15, 0.2) is 83.8 Å². The topological polar surface area (TPSA) is 102 Å². The molecule has 0 bridgehead atoms. The molecule has 138 valence electrons. The maximum atomic E-state index is 12.4. The van der Waals surface area contributed by atoms with Gasteiger partial charge in [0.25, 0.3) is 11.8 Å². The van der Waals surface area contributed by atoms with Crippen molar-refractivity contribution in [3.8, 4) is 5.69 Å². The zero-order valence-corrected chi connectivity index (χ0v) is 14.6. The average molecular weight is 373 g/mol. The second kappa shape index (κ2) is 7.58. The van der Waals surface area contributed by atoms with Gasteiger partial charge in [0.2, 0.25) is 5.88 Å². The van der Waals surface area contributed by atoms with Crippen LogP contribution in [0.25, 0.3) is 5.69 Å². The van der Waals surface area contributed by atoms with E-state index in [1.54, 1.807) is 59.5 Å². The molecule has 0 radical (unpaired) electrons. The van der Waals surface area contributed by atoms with E-state index in [1.165, 1.54) is 18.5 Å².